The predicted molar refractivity (Wildman–Crippen MR) is 59.9 cm³/mol. The molecule has 0 amide bonds. The highest BCUT2D eigenvalue weighted by Gasteiger charge is 2.24. The Bertz CT molecular complexity index is 371. The van der Waals surface area contributed by atoms with E-state index in [9.17, 15) is 4.39 Å². The summed E-state index contributed by atoms with van der Waals surface area (Å²) in [6, 6.07) is 4.68. The minimum absolute atomic E-state index is 0.231. The smallest absolute Gasteiger partial charge is 0.139 e. The molecule has 0 saturated heterocycles. The molecule has 0 aliphatic carbocycles. The average Bonchev–Trinajstić information content (AvgIpc) is 2.46. The van der Waals surface area contributed by atoms with Gasteiger partial charge in [0.1, 0.15) is 12.5 Å². The Morgan fingerprint density at radius 2 is 2.20 bits per heavy atom. The predicted octanol–water partition coefficient (Wildman–Crippen LogP) is 1.91. The lowest BCUT2D eigenvalue weighted by Crippen LogP contribution is -2.44. The van der Waals surface area contributed by atoms with Gasteiger partial charge in [0.15, 0.2) is 0 Å². The Kier molecular flexibility index (Phi) is 2.31. The van der Waals surface area contributed by atoms with Crippen molar-refractivity contribution in [2.45, 2.75) is 19.4 Å². The number of hydrogen-bond acceptors (Lipinski definition) is 3. The van der Waals surface area contributed by atoms with Gasteiger partial charge in [-0.3, -0.25) is 0 Å². The van der Waals surface area contributed by atoms with Gasteiger partial charge in [-0.15, -0.1) is 0 Å². The fourth-order valence-electron chi connectivity index (χ4n) is 1.65. The largest absolute Gasteiger partial charge is 0.360 e. The van der Waals surface area contributed by atoms with Gasteiger partial charge in [-0.2, -0.15) is 0 Å². The van der Waals surface area contributed by atoms with Crippen LogP contribution in [0.25, 0.3) is 0 Å². The van der Waals surface area contributed by atoms with Crippen LogP contribution in [0.4, 0.5) is 15.8 Å². The lowest BCUT2D eigenvalue weighted by molar-refractivity contribution is 0.521. The highest BCUT2D eigenvalue weighted by atomic mass is 19.1. The molecule has 1 radical (unpaired) electrons. The number of nitrogens with one attached hydrogen (secondary N) is 1. The molecule has 1 aliphatic rings. The van der Waals surface area contributed by atoms with Gasteiger partial charge in [0.25, 0.3) is 0 Å². The third-order valence-corrected chi connectivity index (χ3v) is 2.22. The fourth-order valence-corrected chi connectivity index (χ4v) is 1.65. The van der Waals surface area contributed by atoms with E-state index >= 15 is 0 Å². The van der Waals surface area contributed by atoms with Crippen LogP contribution in [0.1, 0.15) is 13.8 Å². The van der Waals surface area contributed by atoms with Crippen LogP contribution < -0.4 is 16.0 Å². The summed E-state index contributed by atoms with van der Waals surface area (Å²) in [5.41, 5.74) is 7.37. The molecule has 3 N–H and O–H groups in total. The molecule has 3 nitrogen and oxygen atoms in total. The first-order valence-electron chi connectivity index (χ1n) is 4.91. The van der Waals surface area contributed by atoms with Gasteiger partial charge in [0.2, 0.25) is 0 Å². The first-order chi connectivity index (χ1) is 6.96. The molecule has 0 spiro atoms. The van der Waals surface area contributed by atoms with E-state index in [4.69, 9.17) is 5.73 Å². The topological polar surface area (TPSA) is 41.3 Å². The Morgan fingerprint density at radius 3 is 2.87 bits per heavy atom. The van der Waals surface area contributed by atoms with E-state index in [1.807, 2.05) is 25.4 Å². The molecule has 0 saturated carbocycles. The highest BCUT2D eigenvalue weighted by molar-refractivity contribution is 5.77. The number of rotatable bonds is 2. The summed E-state index contributed by atoms with van der Waals surface area (Å²) >= 11 is 0. The SMILES string of the molecule is CC(C)(N)CN1[CH]Nc2ccc(F)cc21. The number of benzene rings is 1. The van der Waals surface area contributed by atoms with Crippen molar-refractivity contribution in [3.05, 3.63) is 30.7 Å². The van der Waals surface area contributed by atoms with Gasteiger partial charge < -0.3 is 16.0 Å². The fraction of sp³-hybridized carbons (Fsp3) is 0.364. The molecular weight excluding hydrogens is 193 g/mol. The van der Waals surface area contributed by atoms with Crippen molar-refractivity contribution in [3.63, 3.8) is 0 Å². The number of nitrogens with zero attached hydrogens (tertiary/aromatic N) is 1. The van der Waals surface area contributed by atoms with E-state index in [-0.39, 0.29) is 11.4 Å². The molecule has 0 bridgehead atoms. The Labute approximate surface area is 89.1 Å². The van der Waals surface area contributed by atoms with Crippen molar-refractivity contribution >= 4 is 11.4 Å². The Hall–Kier alpha value is -1.29. The van der Waals surface area contributed by atoms with Crippen molar-refractivity contribution in [1.82, 2.24) is 0 Å². The van der Waals surface area contributed by atoms with E-state index in [0.717, 1.165) is 11.4 Å². The molecule has 0 aromatic heterocycles. The van der Waals surface area contributed by atoms with Crippen LogP contribution in [0.5, 0.6) is 0 Å². The van der Waals surface area contributed by atoms with Crippen LogP contribution in [0.2, 0.25) is 0 Å². The van der Waals surface area contributed by atoms with Crippen LogP contribution in [0.15, 0.2) is 18.2 Å². The third-order valence-electron chi connectivity index (χ3n) is 2.22. The molecule has 1 aliphatic heterocycles. The number of hydrogen-bond donors (Lipinski definition) is 2. The van der Waals surface area contributed by atoms with E-state index in [2.05, 4.69) is 5.32 Å². The van der Waals surface area contributed by atoms with Crippen molar-refractivity contribution in [3.8, 4) is 0 Å². The van der Waals surface area contributed by atoms with Gasteiger partial charge in [-0.05, 0) is 32.0 Å². The lowest BCUT2D eigenvalue weighted by atomic mass is 10.1. The maximum atomic E-state index is 13.1. The first-order valence-corrected chi connectivity index (χ1v) is 4.91. The first kappa shape index (κ1) is 10.2. The Morgan fingerprint density at radius 1 is 1.47 bits per heavy atom. The van der Waals surface area contributed by atoms with Gasteiger partial charge >= 0.3 is 0 Å². The zero-order valence-electron chi connectivity index (χ0n) is 8.92. The van der Waals surface area contributed by atoms with Gasteiger partial charge in [-0.1, -0.05) is 0 Å². The molecule has 0 fully saturated rings. The number of nitrogens with two attached hydrogens (primary N) is 1. The minimum atomic E-state index is -0.313. The van der Waals surface area contributed by atoms with Crippen molar-refractivity contribution in [2.24, 2.45) is 5.73 Å². The zero-order valence-corrected chi connectivity index (χ0v) is 8.92. The molecule has 0 atom stereocenters. The van der Waals surface area contributed by atoms with E-state index in [1.54, 1.807) is 6.07 Å². The molecule has 4 heteroatoms. The number of fused-ring (bicyclic) bond motifs is 1. The second-order valence-electron chi connectivity index (χ2n) is 4.55. The summed E-state index contributed by atoms with van der Waals surface area (Å²) in [7, 11) is 0. The summed E-state index contributed by atoms with van der Waals surface area (Å²) in [5, 5.41) is 3.08. The quantitative estimate of drug-likeness (QED) is 0.780. The average molecular weight is 208 g/mol. The highest BCUT2D eigenvalue weighted by Crippen LogP contribution is 2.33. The molecule has 81 valence electrons. The third kappa shape index (κ3) is 2.21. The molecule has 1 aromatic rings. The van der Waals surface area contributed by atoms with Crippen LogP contribution in [-0.4, -0.2) is 12.1 Å². The molecular formula is C11H15FN3. The van der Waals surface area contributed by atoms with Crippen LogP contribution >= 0.6 is 0 Å². The second-order valence-corrected chi connectivity index (χ2v) is 4.55. The van der Waals surface area contributed by atoms with Gasteiger partial charge in [-0.25, -0.2) is 4.39 Å². The summed E-state index contributed by atoms with van der Waals surface area (Å²) in [6.45, 7) is 6.35. The van der Waals surface area contributed by atoms with Crippen LogP contribution in [-0.2, 0) is 0 Å². The molecule has 15 heavy (non-hydrogen) atoms. The number of halogens is 1. The maximum absolute atomic E-state index is 13.1. The second kappa shape index (κ2) is 3.38. The van der Waals surface area contributed by atoms with Gasteiger partial charge in [0.05, 0.1) is 11.4 Å². The monoisotopic (exact) mass is 208 g/mol. The van der Waals surface area contributed by atoms with Crippen molar-refractivity contribution in [2.75, 3.05) is 16.8 Å². The molecule has 2 rings (SSSR count). The van der Waals surface area contributed by atoms with Crippen molar-refractivity contribution < 1.29 is 4.39 Å². The van der Waals surface area contributed by atoms with Gasteiger partial charge in [0, 0.05) is 12.1 Å². The lowest BCUT2D eigenvalue weighted by Gasteiger charge is -2.26. The molecule has 1 heterocycles. The van der Waals surface area contributed by atoms with E-state index < -0.39 is 0 Å². The maximum Gasteiger partial charge on any atom is 0.139 e. The van der Waals surface area contributed by atoms with Crippen LogP contribution in [0.3, 0.4) is 0 Å². The normalized spacial score (nSPS) is 15.1. The summed E-state index contributed by atoms with van der Waals surface area (Å²) < 4.78 is 13.1. The molecule has 0 unspecified atom stereocenters. The summed E-state index contributed by atoms with van der Waals surface area (Å²) in [5.74, 6) is -0.231. The van der Waals surface area contributed by atoms with E-state index in [0.29, 0.717) is 6.54 Å². The zero-order chi connectivity index (χ0) is 11.1. The summed E-state index contributed by atoms with van der Waals surface area (Å²) in [6.07, 6.45) is 0. The Balaban J connectivity index is 2.24. The molecule has 1 aromatic carbocycles. The standard InChI is InChI=1S/C11H15FN3/c1-11(2,13)6-15-7-14-9-4-3-8(12)5-10(9)15/h3-5,7,14H,6,13H2,1-2H3. The van der Waals surface area contributed by atoms with Crippen LogP contribution in [0, 0.1) is 12.5 Å². The number of anilines is 2. The summed E-state index contributed by atoms with van der Waals surface area (Å²) in [4.78, 5) is 1.93. The van der Waals surface area contributed by atoms with E-state index in [1.165, 1.54) is 12.1 Å². The minimum Gasteiger partial charge on any atom is -0.360 e. The van der Waals surface area contributed by atoms with Crippen molar-refractivity contribution in [1.29, 1.82) is 0 Å².